The zero-order valence-electron chi connectivity index (χ0n) is 16.1. The summed E-state index contributed by atoms with van der Waals surface area (Å²) in [6.07, 6.45) is 12.3. The first-order valence-electron chi connectivity index (χ1n) is 10.6. The molecule has 0 bridgehead atoms. The minimum Gasteiger partial charge on any atom is -0.355 e. The van der Waals surface area contributed by atoms with E-state index in [1.807, 2.05) is 35.2 Å². The maximum absolute atomic E-state index is 13.4. The Morgan fingerprint density at radius 3 is 2.63 bits per heavy atom. The van der Waals surface area contributed by atoms with Gasteiger partial charge in [-0.2, -0.15) is 0 Å². The molecule has 0 aromatic heterocycles. The van der Waals surface area contributed by atoms with Gasteiger partial charge < -0.3 is 5.32 Å². The van der Waals surface area contributed by atoms with Crippen LogP contribution in [0.1, 0.15) is 64.2 Å². The van der Waals surface area contributed by atoms with Crippen molar-refractivity contribution in [2.45, 2.75) is 64.2 Å². The average Bonchev–Trinajstić information content (AvgIpc) is 2.73. The van der Waals surface area contributed by atoms with Crippen LogP contribution in [0.3, 0.4) is 0 Å². The molecule has 2 amide bonds. The van der Waals surface area contributed by atoms with E-state index in [1.165, 1.54) is 32.1 Å². The van der Waals surface area contributed by atoms with E-state index >= 15 is 0 Å². The second kappa shape index (κ2) is 7.87. The lowest BCUT2D eigenvalue weighted by atomic mass is 9.69. The van der Waals surface area contributed by atoms with Crippen LogP contribution in [0.15, 0.2) is 42.1 Å². The Morgan fingerprint density at radius 2 is 1.85 bits per heavy atom. The van der Waals surface area contributed by atoms with Crippen molar-refractivity contribution in [3.8, 4) is 0 Å². The summed E-state index contributed by atoms with van der Waals surface area (Å²) in [4.78, 5) is 28.0. The number of rotatable bonds is 4. The summed E-state index contributed by atoms with van der Waals surface area (Å²) >= 11 is 0. The largest absolute Gasteiger partial charge is 0.355 e. The SMILES string of the molecule is O=C1CCC2(C(=O)NCC3CCCCC3)CCCC=C2N1c1ccccc1. The number of hydrogen-bond donors (Lipinski definition) is 1. The number of benzene rings is 1. The highest BCUT2D eigenvalue weighted by atomic mass is 16.2. The van der Waals surface area contributed by atoms with Gasteiger partial charge in [-0.05, 0) is 56.6 Å². The second-order valence-electron chi connectivity index (χ2n) is 8.34. The lowest BCUT2D eigenvalue weighted by molar-refractivity contribution is -0.132. The molecule has 1 N–H and O–H groups in total. The van der Waals surface area contributed by atoms with Crippen LogP contribution < -0.4 is 10.2 Å². The number of nitrogens with zero attached hydrogens (tertiary/aromatic N) is 1. The lowest BCUT2D eigenvalue weighted by Gasteiger charge is -2.46. The van der Waals surface area contributed by atoms with E-state index in [-0.39, 0.29) is 11.8 Å². The molecule has 3 aliphatic rings. The van der Waals surface area contributed by atoms with Gasteiger partial charge in [0.25, 0.3) is 0 Å². The van der Waals surface area contributed by atoms with Crippen molar-refractivity contribution in [1.82, 2.24) is 5.32 Å². The minimum atomic E-state index is -0.545. The molecule has 1 aliphatic heterocycles. The highest BCUT2D eigenvalue weighted by Crippen LogP contribution is 2.48. The van der Waals surface area contributed by atoms with Crippen LogP contribution in [0, 0.1) is 11.3 Å². The molecule has 1 unspecified atom stereocenters. The van der Waals surface area contributed by atoms with Crippen molar-refractivity contribution in [2.24, 2.45) is 11.3 Å². The van der Waals surface area contributed by atoms with Crippen LogP contribution in [-0.4, -0.2) is 18.4 Å². The predicted molar refractivity (Wildman–Crippen MR) is 107 cm³/mol. The van der Waals surface area contributed by atoms with E-state index < -0.39 is 5.41 Å². The number of fused-ring (bicyclic) bond motifs is 1. The zero-order chi connectivity index (χ0) is 18.7. The van der Waals surface area contributed by atoms with Gasteiger partial charge in [-0.1, -0.05) is 43.5 Å². The molecule has 0 radical (unpaired) electrons. The van der Waals surface area contributed by atoms with E-state index in [4.69, 9.17) is 0 Å². The van der Waals surface area contributed by atoms with Gasteiger partial charge in [-0.25, -0.2) is 0 Å². The quantitative estimate of drug-likeness (QED) is 0.849. The highest BCUT2D eigenvalue weighted by molar-refractivity contribution is 6.02. The van der Waals surface area contributed by atoms with E-state index in [0.717, 1.165) is 37.2 Å². The molecule has 144 valence electrons. The van der Waals surface area contributed by atoms with Crippen LogP contribution in [-0.2, 0) is 9.59 Å². The average molecular weight is 367 g/mol. The molecule has 4 nitrogen and oxygen atoms in total. The summed E-state index contributed by atoms with van der Waals surface area (Å²) in [5, 5.41) is 3.28. The molecule has 1 atom stereocenters. The number of anilines is 1. The lowest BCUT2D eigenvalue weighted by Crippen LogP contribution is -2.53. The van der Waals surface area contributed by atoms with E-state index in [1.54, 1.807) is 0 Å². The van der Waals surface area contributed by atoms with Crippen molar-refractivity contribution < 1.29 is 9.59 Å². The molecule has 4 heteroatoms. The predicted octanol–water partition coefficient (Wildman–Crippen LogP) is 4.56. The van der Waals surface area contributed by atoms with Crippen molar-refractivity contribution >= 4 is 17.5 Å². The zero-order valence-corrected chi connectivity index (χ0v) is 16.1. The third kappa shape index (κ3) is 3.54. The Kier molecular flexibility index (Phi) is 5.33. The Hall–Kier alpha value is -2.10. The first-order chi connectivity index (χ1) is 13.2. The van der Waals surface area contributed by atoms with Crippen molar-refractivity contribution in [3.05, 3.63) is 42.1 Å². The molecule has 1 saturated carbocycles. The normalized spacial score (nSPS) is 26.3. The summed E-state index contributed by atoms with van der Waals surface area (Å²) in [5.74, 6) is 0.850. The fourth-order valence-electron chi connectivity index (χ4n) is 5.09. The summed E-state index contributed by atoms with van der Waals surface area (Å²) in [7, 11) is 0. The van der Waals surface area contributed by atoms with E-state index in [0.29, 0.717) is 18.8 Å². The maximum atomic E-state index is 13.4. The van der Waals surface area contributed by atoms with Crippen LogP contribution in [0.25, 0.3) is 0 Å². The maximum Gasteiger partial charge on any atom is 0.232 e. The molecule has 27 heavy (non-hydrogen) atoms. The van der Waals surface area contributed by atoms with Crippen LogP contribution in [0.2, 0.25) is 0 Å². The summed E-state index contributed by atoms with van der Waals surface area (Å²) in [5.41, 5.74) is 1.24. The molecule has 4 rings (SSSR count). The Bertz CT molecular complexity index is 721. The van der Waals surface area contributed by atoms with Crippen molar-refractivity contribution in [3.63, 3.8) is 0 Å². The Balaban J connectivity index is 1.57. The van der Waals surface area contributed by atoms with Crippen LogP contribution in [0.4, 0.5) is 5.69 Å². The summed E-state index contributed by atoms with van der Waals surface area (Å²) in [6, 6.07) is 9.78. The number of para-hydroxylation sites is 1. The number of hydrogen-bond acceptors (Lipinski definition) is 2. The standard InChI is InChI=1S/C23H30N2O2/c26-21-14-16-23(22(27)24-17-18-9-3-1-4-10-18)15-8-7-13-20(23)25(21)19-11-5-2-6-12-19/h2,5-6,11-13,18H,1,3-4,7-10,14-17H2,(H,24,27). The van der Waals surface area contributed by atoms with Gasteiger partial charge in [0, 0.05) is 24.4 Å². The van der Waals surface area contributed by atoms with Gasteiger partial charge in [-0.3, -0.25) is 14.5 Å². The van der Waals surface area contributed by atoms with Gasteiger partial charge >= 0.3 is 0 Å². The molecule has 1 aromatic carbocycles. The number of piperidine rings is 1. The highest BCUT2D eigenvalue weighted by Gasteiger charge is 2.49. The summed E-state index contributed by atoms with van der Waals surface area (Å²) < 4.78 is 0. The van der Waals surface area contributed by atoms with Crippen molar-refractivity contribution in [1.29, 1.82) is 0 Å². The fourth-order valence-corrected chi connectivity index (χ4v) is 5.09. The second-order valence-corrected chi connectivity index (χ2v) is 8.34. The molecule has 2 fully saturated rings. The number of nitrogens with one attached hydrogen (secondary N) is 1. The molecule has 2 aliphatic carbocycles. The number of amides is 2. The smallest absolute Gasteiger partial charge is 0.232 e. The molecular formula is C23H30N2O2. The van der Waals surface area contributed by atoms with Crippen LogP contribution >= 0.6 is 0 Å². The van der Waals surface area contributed by atoms with Crippen LogP contribution in [0.5, 0.6) is 0 Å². The van der Waals surface area contributed by atoms with Gasteiger partial charge in [0.05, 0.1) is 5.41 Å². The molecule has 1 aromatic rings. The molecule has 1 saturated heterocycles. The minimum absolute atomic E-state index is 0.102. The van der Waals surface area contributed by atoms with E-state index in [9.17, 15) is 9.59 Å². The van der Waals surface area contributed by atoms with E-state index in [2.05, 4.69) is 11.4 Å². The number of allylic oxidation sites excluding steroid dienone is 1. The molecule has 1 heterocycles. The van der Waals surface area contributed by atoms with Crippen molar-refractivity contribution in [2.75, 3.05) is 11.4 Å². The Labute approximate surface area is 162 Å². The topological polar surface area (TPSA) is 49.4 Å². The number of carbonyl (C=O) groups is 2. The summed E-state index contributed by atoms with van der Waals surface area (Å²) in [6.45, 7) is 0.785. The molecule has 0 spiro atoms. The van der Waals surface area contributed by atoms with Gasteiger partial charge in [0.15, 0.2) is 0 Å². The fraction of sp³-hybridized carbons (Fsp3) is 0.565. The molecular weight excluding hydrogens is 336 g/mol. The Morgan fingerprint density at radius 1 is 1.07 bits per heavy atom. The van der Waals surface area contributed by atoms with Gasteiger partial charge in [0.2, 0.25) is 11.8 Å². The first-order valence-corrected chi connectivity index (χ1v) is 10.6. The first kappa shape index (κ1) is 18.3. The third-order valence-corrected chi connectivity index (χ3v) is 6.62. The van der Waals surface area contributed by atoms with Gasteiger partial charge in [-0.15, -0.1) is 0 Å². The number of carbonyl (C=O) groups excluding carboxylic acids is 2. The van der Waals surface area contributed by atoms with Gasteiger partial charge in [0.1, 0.15) is 0 Å². The third-order valence-electron chi connectivity index (χ3n) is 6.62. The monoisotopic (exact) mass is 366 g/mol.